The van der Waals surface area contributed by atoms with Gasteiger partial charge in [0.15, 0.2) is 16.7 Å². The van der Waals surface area contributed by atoms with Crippen LogP contribution in [0.5, 0.6) is 5.75 Å². The Morgan fingerprint density at radius 2 is 1.89 bits per heavy atom. The van der Waals surface area contributed by atoms with Gasteiger partial charge in [-0.25, -0.2) is 0 Å². The van der Waals surface area contributed by atoms with E-state index in [1.54, 1.807) is 24.3 Å². The normalized spacial score (nSPS) is 29.4. The Balaban J connectivity index is 1.87. The molecule has 1 aromatic rings. The smallest absolute Gasteiger partial charge is 0.338 e. The van der Waals surface area contributed by atoms with Crippen LogP contribution in [0.2, 0.25) is 0 Å². The van der Waals surface area contributed by atoms with E-state index < -0.39 is 26.2 Å². The number of carbonyl (C=O) groups is 1. The van der Waals surface area contributed by atoms with Crippen molar-refractivity contribution in [1.29, 1.82) is 5.26 Å². The van der Waals surface area contributed by atoms with Crippen molar-refractivity contribution in [3.8, 4) is 11.8 Å². The maximum atomic E-state index is 12.8. The molecule has 0 amide bonds. The van der Waals surface area contributed by atoms with E-state index in [0.717, 1.165) is 0 Å². The first kappa shape index (κ1) is 19.4. The molecule has 0 aromatic heterocycles. The Labute approximate surface area is 159 Å². The molecule has 2 saturated carbocycles. The van der Waals surface area contributed by atoms with Crippen molar-refractivity contribution in [2.75, 3.05) is 7.11 Å². The number of nitrogens with zero attached hydrogens (tertiary/aromatic N) is 2. The van der Waals surface area contributed by atoms with E-state index in [2.05, 4.69) is 5.16 Å². The standard InChI is InChI=1S/C19H22N2O5S/c1-18(2)14-9-10-19(18,3)17(22)16(14)27(23,24)26-21-15(11-20)12-5-7-13(25-4)8-6-12/h5-8,14,16H,9-10H2,1-4H3/b21-15+. The van der Waals surface area contributed by atoms with E-state index in [9.17, 15) is 18.5 Å². The molecule has 0 spiro atoms. The maximum absolute atomic E-state index is 12.8. The second kappa shape index (κ2) is 6.34. The number of fused-ring (bicyclic) bond motifs is 2. The zero-order valence-electron chi connectivity index (χ0n) is 15.7. The van der Waals surface area contributed by atoms with Gasteiger partial charge in [0.25, 0.3) is 0 Å². The number of rotatable bonds is 5. The first-order valence-electron chi connectivity index (χ1n) is 8.68. The molecule has 2 aliphatic carbocycles. The molecule has 7 nitrogen and oxygen atoms in total. The number of hydrogen-bond acceptors (Lipinski definition) is 7. The zero-order valence-corrected chi connectivity index (χ0v) is 16.5. The predicted octanol–water partition coefficient (Wildman–Crippen LogP) is 2.66. The van der Waals surface area contributed by atoms with E-state index in [1.807, 2.05) is 26.8 Å². The largest absolute Gasteiger partial charge is 0.497 e. The molecule has 0 aliphatic heterocycles. The summed E-state index contributed by atoms with van der Waals surface area (Å²) in [7, 11) is -2.78. The van der Waals surface area contributed by atoms with Crippen LogP contribution in [0.4, 0.5) is 0 Å². The molecule has 8 heteroatoms. The van der Waals surface area contributed by atoms with Gasteiger partial charge in [-0.05, 0) is 48.4 Å². The second-order valence-electron chi connectivity index (χ2n) is 7.83. The van der Waals surface area contributed by atoms with E-state index in [1.165, 1.54) is 7.11 Å². The molecule has 0 radical (unpaired) electrons. The third-order valence-electron chi connectivity index (χ3n) is 6.48. The first-order chi connectivity index (χ1) is 12.6. The summed E-state index contributed by atoms with van der Waals surface area (Å²) in [6.45, 7) is 5.69. The lowest BCUT2D eigenvalue weighted by atomic mass is 9.70. The fraction of sp³-hybridized carbons (Fsp3) is 0.526. The molecule has 2 aliphatic rings. The van der Waals surface area contributed by atoms with Crippen molar-refractivity contribution >= 4 is 21.6 Å². The van der Waals surface area contributed by atoms with Gasteiger partial charge in [-0.2, -0.15) is 13.7 Å². The Kier molecular flexibility index (Phi) is 4.55. The van der Waals surface area contributed by atoms with Crippen LogP contribution in [0.15, 0.2) is 29.4 Å². The average Bonchev–Trinajstić information content (AvgIpc) is 2.95. The van der Waals surface area contributed by atoms with Crippen LogP contribution < -0.4 is 4.74 Å². The summed E-state index contributed by atoms with van der Waals surface area (Å²) in [4.78, 5) is 12.8. The third-order valence-corrected chi connectivity index (χ3v) is 7.93. The van der Waals surface area contributed by atoms with Gasteiger partial charge in [-0.3, -0.25) is 9.08 Å². The van der Waals surface area contributed by atoms with Gasteiger partial charge in [0.1, 0.15) is 11.8 Å². The van der Waals surface area contributed by atoms with Crippen molar-refractivity contribution in [2.24, 2.45) is 21.9 Å². The Hall–Kier alpha value is -2.40. The number of ketones is 1. The number of hydrogen-bond donors (Lipinski definition) is 0. The summed E-state index contributed by atoms with van der Waals surface area (Å²) in [6, 6.07) is 8.22. The molecule has 1 aromatic carbocycles. The lowest BCUT2D eigenvalue weighted by Gasteiger charge is -2.32. The number of oxime groups is 1. The lowest BCUT2D eigenvalue weighted by Crippen LogP contribution is -2.39. The summed E-state index contributed by atoms with van der Waals surface area (Å²) >= 11 is 0. The molecule has 27 heavy (non-hydrogen) atoms. The summed E-state index contributed by atoms with van der Waals surface area (Å²) < 4.78 is 35.3. The Morgan fingerprint density at radius 1 is 1.26 bits per heavy atom. The fourth-order valence-electron chi connectivity index (χ4n) is 4.36. The van der Waals surface area contributed by atoms with E-state index in [-0.39, 0.29) is 17.4 Å². The Morgan fingerprint density at radius 3 is 2.37 bits per heavy atom. The number of methoxy groups -OCH3 is 1. The zero-order chi connectivity index (χ0) is 20.0. The minimum absolute atomic E-state index is 0.192. The number of carbonyl (C=O) groups excluding carboxylic acids is 1. The van der Waals surface area contributed by atoms with Crippen LogP contribution in [0.3, 0.4) is 0 Å². The van der Waals surface area contributed by atoms with Crippen LogP contribution in [0, 0.1) is 28.1 Å². The van der Waals surface area contributed by atoms with Crippen LogP contribution in [0.25, 0.3) is 0 Å². The monoisotopic (exact) mass is 390 g/mol. The molecule has 144 valence electrons. The molecule has 0 N–H and O–H groups in total. The minimum Gasteiger partial charge on any atom is -0.497 e. The van der Waals surface area contributed by atoms with Gasteiger partial charge in [0.05, 0.1) is 7.11 Å². The Bertz CT molecular complexity index is 943. The van der Waals surface area contributed by atoms with Gasteiger partial charge < -0.3 is 4.74 Å². The van der Waals surface area contributed by atoms with Crippen molar-refractivity contribution in [3.05, 3.63) is 29.8 Å². The van der Waals surface area contributed by atoms with E-state index in [0.29, 0.717) is 24.2 Å². The van der Waals surface area contributed by atoms with Crippen molar-refractivity contribution in [3.63, 3.8) is 0 Å². The van der Waals surface area contributed by atoms with Crippen molar-refractivity contribution in [1.82, 2.24) is 0 Å². The summed E-state index contributed by atoms with van der Waals surface area (Å²) in [5.74, 6) is -0.0451. The van der Waals surface area contributed by atoms with Crippen LogP contribution in [-0.2, 0) is 19.2 Å². The van der Waals surface area contributed by atoms with Gasteiger partial charge in [0, 0.05) is 11.0 Å². The SMILES string of the molecule is COc1ccc(/C(C#N)=N/OS(=O)(=O)C2C(=O)C3(C)CCC2C3(C)C)cc1. The van der Waals surface area contributed by atoms with E-state index >= 15 is 0 Å². The van der Waals surface area contributed by atoms with E-state index in [4.69, 9.17) is 9.02 Å². The average molecular weight is 390 g/mol. The molecule has 3 unspecified atom stereocenters. The number of ether oxygens (including phenoxy) is 1. The lowest BCUT2D eigenvalue weighted by molar-refractivity contribution is -0.128. The molecular weight excluding hydrogens is 368 g/mol. The highest BCUT2D eigenvalue weighted by Crippen LogP contribution is 2.65. The van der Waals surface area contributed by atoms with Crippen molar-refractivity contribution < 1.29 is 22.2 Å². The number of nitriles is 1. The fourth-order valence-corrected chi connectivity index (χ4v) is 6.03. The topological polar surface area (TPSA) is 106 Å². The van der Waals surface area contributed by atoms with Gasteiger partial charge in [-0.1, -0.05) is 25.9 Å². The van der Waals surface area contributed by atoms with Crippen LogP contribution in [0.1, 0.15) is 39.2 Å². The van der Waals surface area contributed by atoms with Crippen LogP contribution in [-0.4, -0.2) is 32.3 Å². The second-order valence-corrected chi connectivity index (χ2v) is 9.47. The minimum atomic E-state index is -4.29. The quantitative estimate of drug-likeness (QED) is 0.565. The molecular formula is C19H22N2O5S. The predicted molar refractivity (Wildman–Crippen MR) is 98.6 cm³/mol. The molecule has 3 atom stereocenters. The van der Waals surface area contributed by atoms with Gasteiger partial charge in [-0.15, -0.1) is 0 Å². The maximum Gasteiger partial charge on any atom is 0.338 e. The van der Waals surface area contributed by atoms with Gasteiger partial charge >= 0.3 is 10.1 Å². The molecule has 3 rings (SSSR count). The summed E-state index contributed by atoms with van der Waals surface area (Å²) in [6.07, 6.45) is 1.32. The summed E-state index contributed by atoms with van der Waals surface area (Å²) in [5.41, 5.74) is -0.915. The number of benzene rings is 1. The molecule has 0 saturated heterocycles. The van der Waals surface area contributed by atoms with Gasteiger partial charge in [0.2, 0.25) is 0 Å². The highest BCUT2D eigenvalue weighted by Gasteiger charge is 2.70. The molecule has 2 fully saturated rings. The highest BCUT2D eigenvalue weighted by molar-refractivity contribution is 7.88. The van der Waals surface area contributed by atoms with Crippen molar-refractivity contribution in [2.45, 2.75) is 38.9 Å². The number of Topliss-reactive ketones (excluding diaryl/α,β-unsaturated/α-hetero) is 1. The van der Waals surface area contributed by atoms with Crippen LogP contribution >= 0.6 is 0 Å². The summed E-state index contributed by atoms with van der Waals surface area (Å²) in [5, 5.41) is 11.6. The highest BCUT2D eigenvalue weighted by atomic mass is 32.2. The molecule has 2 bridgehead atoms. The third kappa shape index (κ3) is 2.81. The molecule has 0 heterocycles. The first-order valence-corrected chi connectivity index (χ1v) is 10.1.